The van der Waals surface area contributed by atoms with Crippen molar-refractivity contribution in [3.63, 3.8) is 0 Å². The molecule has 0 spiro atoms. The molecule has 16 heavy (non-hydrogen) atoms. The number of nitrogens with two attached hydrogens (primary N) is 1. The van der Waals surface area contributed by atoms with E-state index in [0.29, 0.717) is 6.54 Å². The van der Waals surface area contributed by atoms with E-state index in [2.05, 4.69) is 21.2 Å². The number of rotatable bonds is 3. The molecular weight excluding hydrogens is 270 g/mol. The van der Waals surface area contributed by atoms with Crippen LogP contribution < -0.4 is 11.1 Å². The van der Waals surface area contributed by atoms with Crippen molar-refractivity contribution in [1.29, 1.82) is 0 Å². The van der Waals surface area contributed by atoms with E-state index in [9.17, 15) is 4.79 Å². The van der Waals surface area contributed by atoms with Gasteiger partial charge in [-0.3, -0.25) is 9.69 Å². The highest BCUT2D eigenvalue weighted by atomic mass is 79.9. The summed E-state index contributed by atoms with van der Waals surface area (Å²) in [6.45, 7) is 2.03. The lowest BCUT2D eigenvalue weighted by molar-refractivity contribution is -0.118. The number of nitrogens with zero attached hydrogens (tertiary/aromatic N) is 1. The van der Waals surface area contributed by atoms with E-state index in [4.69, 9.17) is 5.73 Å². The van der Waals surface area contributed by atoms with Gasteiger partial charge in [-0.2, -0.15) is 0 Å². The van der Waals surface area contributed by atoms with E-state index in [1.807, 2.05) is 29.2 Å². The first-order valence-electron chi connectivity index (χ1n) is 5.17. The van der Waals surface area contributed by atoms with E-state index in [-0.39, 0.29) is 11.9 Å². The Labute approximate surface area is 103 Å². The summed E-state index contributed by atoms with van der Waals surface area (Å²) >= 11 is 3.38. The number of hydrogen-bond acceptors (Lipinski definition) is 3. The minimum absolute atomic E-state index is 0.00111. The van der Waals surface area contributed by atoms with Gasteiger partial charge in [0, 0.05) is 23.6 Å². The Bertz CT molecular complexity index is 391. The maximum atomic E-state index is 11.7. The number of nitrogens with one attached hydrogen (secondary N) is 1. The molecule has 1 aliphatic rings. The summed E-state index contributed by atoms with van der Waals surface area (Å²) in [7, 11) is 0. The monoisotopic (exact) mass is 283 g/mol. The molecule has 3 N–H and O–H groups in total. The van der Waals surface area contributed by atoms with Gasteiger partial charge >= 0.3 is 0 Å². The van der Waals surface area contributed by atoms with Gasteiger partial charge in [-0.05, 0) is 28.1 Å². The summed E-state index contributed by atoms with van der Waals surface area (Å²) in [5, 5.41) is 2.86. The van der Waals surface area contributed by atoms with Crippen LogP contribution in [0.1, 0.15) is 0 Å². The molecule has 0 aromatic heterocycles. The number of halogens is 1. The molecule has 0 aliphatic carbocycles. The van der Waals surface area contributed by atoms with E-state index in [1.54, 1.807) is 0 Å². The Kier molecular flexibility index (Phi) is 3.58. The maximum Gasteiger partial charge on any atom is 0.238 e. The molecule has 2 rings (SSSR count). The molecule has 1 heterocycles. The fourth-order valence-corrected chi connectivity index (χ4v) is 2.08. The van der Waals surface area contributed by atoms with E-state index in [1.165, 1.54) is 0 Å². The van der Waals surface area contributed by atoms with Crippen LogP contribution in [0.15, 0.2) is 28.7 Å². The van der Waals surface area contributed by atoms with Crippen molar-refractivity contribution in [2.45, 2.75) is 6.04 Å². The highest BCUT2D eigenvalue weighted by Gasteiger charge is 2.24. The number of benzene rings is 1. The zero-order chi connectivity index (χ0) is 11.5. The Balaban J connectivity index is 1.85. The SMILES string of the molecule is NC1CN(CC(=O)Nc2ccccc2Br)C1. The molecule has 4 nitrogen and oxygen atoms in total. The van der Waals surface area contributed by atoms with Crippen molar-refractivity contribution in [2.75, 3.05) is 25.0 Å². The first-order valence-corrected chi connectivity index (χ1v) is 5.97. The normalized spacial score (nSPS) is 16.9. The highest BCUT2D eigenvalue weighted by Crippen LogP contribution is 2.21. The molecule has 1 saturated heterocycles. The minimum Gasteiger partial charge on any atom is -0.325 e. The van der Waals surface area contributed by atoms with Crippen LogP contribution in [0, 0.1) is 0 Å². The second-order valence-electron chi connectivity index (χ2n) is 3.98. The van der Waals surface area contributed by atoms with Crippen LogP contribution in [0.5, 0.6) is 0 Å². The van der Waals surface area contributed by atoms with Crippen LogP contribution in [0.3, 0.4) is 0 Å². The largest absolute Gasteiger partial charge is 0.325 e. The van der Waals surface area contributed by atoms with E-state index >= 15 is 0 Å². The van der Waals surface area contributed by atoms with Gasteiger partial charge in [0.15, 0.2) is 0 Å². The first-order chi connectivity index (χ1) is 7.65. The molecule has 0 radical (unpaired) electrons. The van der Waals surface area contributed by atoms with E-state index < -0.39 is 0 Å². The number of hydrogen-bond donors (Lipinski definition) is 2. The second kappa shape index (κ2) is 4.95. The van der Waals surface area contributed by atoms with Gasteiger partial charge in [0.2, 0.25) is 5.91 Å². The smallest absolute Gasteiger partial charge is 0.238 e. The molecule has 1 aromatic rings. The van der Waals surface area contributed by atoms with Crippen LogP contribution in [0.25, 0.3) is 0 Å². The Morgan fingerprint density at radius 3 is 2.81 bits per heavy atom. The van der Waals surface area contributed by atoms with Gasteiger partial charge in [-0.25, -0.2) is 0 Å². The predicted molar refractivity (Wildman–Crippen MR) is 67.2 cm³/mol. The van der Waals surface area contributed by atoms with Crippen molar-refractivity contribution in [3.8, 4) is 0 Å². The number of carbonyl (C=O) groups excluding carboxylic acids is 1. The molecular formula is C11H14BrN3O. The maximum absolute atomic E-state index is 11.7. The summed E-state index contributed by atoms with van der Waals surface area (Å²) in [5.74, 6) is -0.00111. The Morgan fingerprint density at radius 1 is 1.50 bits per heavy atom. The van der Waals surface area contributed by atoms with Gasteiger partial charge in [0.1, 0.15) is 0 Å². The number of amides is 1. The Morgan fingerprint density at radius 2 is 2.19 bits per heavy atom. The number of anilines is 1. The van der Waals surface area contributed by atoms with Gasteiger partial charge < -0.3 is 11.1 Å². The fraction of sp³-hybridized carbons (Fsp3) is 0.364. The summed E-state index contributed by atoms with van der Waals surface area (Å²) < 4.78 is 0.892. The molecule has 1 aromatic carbocycles. The average Bonchev–Trinajstić information content (AvgIpc) is 2.19. The van der Waals surface area contributed by atoms with Crippen LogP contribution in [0.2, 0.25) is 0 Å². The third kappa shape index (κ3) is 2.81. The minimum atomic E-state index is -0.00111. The van der Waals surface area contributed by atoms with Gasteiger partial charge in [-0.15, -0.1) is 0 Å². The third-order valence-corrected chi connectivity index (χ3v) is 3.19. The average molecular weight is 284 g/mol. The van der Waals surface area contributed by atoms with E-state index in [0.717, 1.165) is 23.2 Å². The van der Waals surface area contributed by atoms with Gasteiger partial charge in [-0.1, -0.05) is 12.1 Å². The lowest BCUT2D eigenvalue weighted by Crippen LogP contribution is -2.57. The topological polar surface area (TPSA) is 58.4 Å². The summed E-state index contributed by atoms with van der Waals surface area (Å²) in [5.41, 5.74) is 6.44. The lowest BCUT2D eigenvalue weighted by Gasteiger charge is -2.36. The molecule has 1 aliphatic heterocycles. The molecule has 86 valence electrons. The second-order valence-corrected chi connectivity index (χ2v) is 4.84. The van der Waals surface area contributed by atoms with Gasteiger partial charge in [0.25, 0.3) is 0 Å². The number of likely N-dealkylation sites (tertiary alicyclic amines) is 1. The molecule has 0 unspecified atom stereocenters. The molecule has 0 bridgehead atoms. The Hall–Kier alpha value is -0.910. The predicted octanol–water partition coefficient (Wildman–Crippen LogP) is 1.03. The lowest BCUT2D eigenvalue weighted by atomic mass is 10.1. The molecule has 1 amide bonds. The van der Waals surface area contributed by atoms with Crippen LogP contribution in [-0.4, -0.2) is 36.5 Å². The van der Waals surface area contributed by atoms with Crippen molar-refractivity contribution in [1.82, 2.24) is 4.90 Å². The molecule has 1 fully saturated rings. The summed E-state index contributed by atoms with van der Waals surface area (Å²) in [6, 6.07) is 7.80. The zero-order valence-electron chi connectivity index (χ0n) is 8.82. The standard InChI is InChI=1S/C11H14BrN3O/c12-9-3-1-2-4-10(9)14-11(16)7-15-5-8(13)6-15/h1-4,8H,5-7,13H2,(H,14,16). The summed E-state index contributed by atoms with van der Waals surface area (Å²) in [4.78, 5) is 13.7. The number of carbonyl (C=O) groups is 1. The first kappa shape index (κ1) is 11.6. The number of para-hydroxylation sites is 1. The van der Waals surface area contributed by atoms with Crippen LogP contribution in [0.4, 0.5) is 5.69 Å². The van der Waals surface area contributed by atoms with Crippen LogP contribution in [-0.2, 0) is 4.79 Å². The molecule has 0 saturated carbocycles. The van der Waals surface area contributed by atoms with Gasteiger partial charge in [0.05, 0.1) is 12.2 Å². The van der Waals surface area contributed by atoms with Crippen LogP contribution >= 0.6 is 15.9 Å². The van der Waals surface area contributed by atoms with Crippen molar-refractivity contribution in [3.05, 3.63) is 28.7 Å². The third-order valence-electron chi connectivity index (χ3n) is 2.50. The summed E-state index contributed by atoms with van der Waals surface area (Å²) in [6.07, 6.45) is 0. The fourth-order valence-electron chi connectivity index (χ4n) is 1.69. The quantitative estimate of drug-likeness (QED) is 0.871. The highest BCUT2D eigenvalue weighted by molar-refractivity contribution is 9.10. The molecule has 0 atom stereocenters. The zero-order valence-corrected chi connectivity index (χ0v) is 10.4. The van der Waals surface area contributed by atoms with Crippen molar-refractivity contribution < 1.29 is 4.79 Å². The molecule has 5 heteroatoms. The van der Waals surface area contributed by atoms with Crippen molar-refractivity contribution >= 4 is 27.5 Å². The van der Waals surface area contributed by atoms with Crippen molar-refractivity contribution in [2.24, 2.45) is 5.73 Å².